The molecule has 0 saturated carbocycles. The average molecular weight is 250 g/mol. The number of aliphatic hydroxyl groups is 1. The molecule has 2 rings (SSSR count). The summed E-state index contributed by atoms with van der Waals surface area (Å²) < 4.78 is 5.59. The number of aromatic nitrogens is 1. The Morgan fingerprint density at radius 1 is 1.56 bits per heavy atom. The molecule has 1 aliphatic rings. The highest BCUT2D eigenvalue weighted by atomic mass is 16.5. The molecule has 1 aliphatic heterocycles. The zero-order valence-electron chi connectivity index (χ0n) is 11.3. The third-order valence-corrected chi connectivity index (χ3v) is 3.74. The zero-order valence-corrected chi connectivity index (χ0v) is 11.3. The first-order chi connectivity index (χ1) is 8.63. The van der Waals surface area contributed by atoms with Crippen molar-refractivity contribution in [3.05, 3.63) is 24.0 Å². The summed E-state index contributed by atoms with van der Waals surface area (Å²) in [5, 5.41) is 9.72. The van der Waals surface area contributed by atoms with Crippen molar-refractivity contribution in [3.8, 4) is 0 Å². The van der Waals surface area contributed by atoms with E-state index in [4.69, 9.17) is 4.74 Å². The highest BCUT2D eigenvalue weighted by molar-refractivity contribution is 5.45. The van der Waals surface area contributed by atoms with Crippen molar-refractivity contribution in [2.45, 2.75) is 44.9 Å². The number of rotatable bonds is 4. The minimum absolute atomic E-state index is 0.260. The third-order valence-electron chi connectivity index (χ3n) is 3.74. The normalized spacial score (nSPS) is 25.1. The molecule has 0 aromatic carbocycles. The van der Waals surface area contributed by atoms with Crippen molar-refractivity contribution in [2.75, 3.05) is 18.6 Å². The maximum absolute atomic E-state index is 9.72. The van der Waals surface area contributed by atoms with E-state index in [1.807, 2.05) is 25.3 Å². The van der Waals surface area contributed by atoms with E-state index >= 15 is 0 Å². The molecule has 0 bridgehead atoms. The molecule has 2 heterocycles. The Labute approximate surface area is 109 Å². The van der Waals surface area contributed by atoms with E-state index in [0.717, 1.165) is 24.4 Å². The maximum Gasteiger partial charge on any atom is 0.0957 e. The molecule has 1 saturated heterocycles. The summed E-state index contributed by atoms with van der Waals surface area (Å²) in [5.74, 6) is 0. The van der Waals surface area contributed by atoms with Crippen molar-refractivity contribution in [3.63, 3.8) is 0 Å². The Hall–Kier alpha value is -1.13. The predicted molar refractivity (Wildman–Crippen MR) is 71.7 cm³/mol. The fourth-order valence-electron chi connectivity index (χ4n) is 2.43. The Kier molecular flexibility index (Phi) is 4.19. The lowest BCUT2D eigenvalue weighted by Crippen LogP contribution is -2.36. The molecule has 1 N–H and O–H groups in total. The molecule has 1 fully saturated rings. The van der Waals surface area contributed by atoms with Crippen molar-refractivity contribution in [1.29, 1.82) is 0 Å². The summed E-state index contributed by atoms with van der Waals surface area (Å²) in [6.07, 6.45) is 3.38. The van der Waals surface area contributed by atoms with Gasteiger partial charge in [-0.2, -0.15) is 0 Å². The van der Waals surface area contributed by atoms with Crippen LogP contribution in [0, 0.1) is 0 Å². The van der Waals surface area contributed by atoms with E-state index in [1.54, 1.807) is 0 Å². The molecule has 0 spiro atoms. The predicted octanol–water partition coefficient (Wildman–Crippen LogP) is 2.14. The van der Waals surface area contributed by atoms with E-state index in [2.05, 4.69) is 23.9 Å². The summed E-state index contributed by atoms with van der Waals surface area (Å²) in [5.41, 5.74) is 1.81. The first-order valence-corrected chi connectivity index (χ1v) is 6.62. The molecule has 1 aromatic rings. The molecular weight excluding hydrogens is 228 g/mol. The van der Waals surface area contributed by atoms with Gasteiger partial charge < -0.3 is 14.7 Å². The quantitative estimate of drug-likeness (QED) is 0.889. The van der Waals surface area contributed by atoms with E-state index < -0.39 is 6.10 Å². The lowest BCUT2D eigenvalue weighted by atomic mass is 10.1. The van der Waals surface area contributed by atoms with E-state index in [0.29, 0.717) is 12.5 Å². The van der Waals surface area contributed by atoms with Gasteiger partial charge in [0.25, 0.3) is 0 Å². The minimum atomic E-state index is -0.460. The number of hydrogen-bond donors (Lipinski definition) is 1. The van der Waals surface area contributed by atoms with Gasteiger partial charge in [0.2, 0.25) is 0 Å². The lowest BCUT2D eigenvalue weighted by Gasteiger charge is -2.28. The molecule has 1 aromatic heterocycles. The monoisotopic (exact) mass is 250 g/mol. The summed E-state index contributed by atoms with van der Waals surface area (Å²) >= 11 is 0. The van der Waals surface area contributed by atoms with Gasteiger partial charge in [-0.25, -0.2) is 0 Å². The molecule has 0 amide bonds. The van der Waals surface area contributed by atoms with E-state index in [-0.39, 0.29) is 6.10 Å². The first kappa shape index (κ1) is 13.3. The van der Waals surface area contributed by atoms with Crippen LogP contribution in [0.4, 0.5) is 5.69 Å². The van der Waals surface area contributed by atoms with Crippen LogP contribution in [0.5, 0.6) is 0 Å². The second-order valence-corrected chi connectivity index (χ2v) is 4.91. The van der Waals surface area contributed by atoms with Crippen LogP contribution < -0.4 is 4.90 Å². The standard InChI is InChI=1S/C14H22N2O2/c1-4-14(17)12-6-5-11(9-15-12)16(3)13-7-8-18-10(13)2/h5-6,9-10,13-14,17H,4,7-8H2,1-3H3/t10?,13?,14-/m1/s1. The van der Waals surface area contributed by atoms with Crippen LogP contribution in [0.15, 0.2) is 18.3 Å². The van der Waals surface area contributed by atoms with Gasteiger partial charge in [-0.3, -0.25) is 4.98 Å². The topological polar surface area (TPSA) is 45.6 Å². The molecule has 100 valence electrons. The van der Waals surface area contributed by atoms with Crippen LogP contribution in [0.2, 0.25) is 0 Å². The molecule has 0 aliphatic carbocycles. The van der Waals surface area contributed by atoms with Gasteiger partial charge in [0, 0.05) is 13.7 Å². The third kappa shape index (κ3) is 2.65. The number of aliphatic hydroxyl groups excluding tert-OH is 1. The number of pyridine rings is 1. The SMILES string of the molecule is CC[C@@H](O)c1ccc(N(C)C2CCOC2C)cn1. The van der Waals surface area contributed by atoms with Crippen molar-refractivity contribution in [2.24, 2.45) is 0 Å². The van der Waals surface area contributed by atoms with Crippen LogP contribution in [-0.2, 0) is 4.74 Å². The first-order valence-electron chi connectivity index (χ1n) is 6.62. The molecule has 18 heavy (non-hydrogen) atoms. The number of nitrogens with zero attached hydrogens (tertiary/aromatic N) is 2. The molecule has 2 unspecified atom stereocenters. The molecule has 4 heteroatoms. The minimum Gasteiger partial charge on any atom is -0.387 e. The second-order valence-electron chi connectivity index (χ2n) is 4.91. The number of anilines is 1. The van der Waals surface area contributed by atoms with Crippen LogP contribution in [-0.4, -0.2) is 35.9 Å². The molecule has 4 nitrogen and oxygen atoms in total. The fourth-order valence-corrected chi connectivity index (χ4v) is 2.43. The number of likely N-dealkylation sites (N-methyl/N-ethyl adjacent to an activating group) is 1. The van der Waals surface area contributed by atoms with Gasteiger partial charge in [-0.05, 0) is 31.9 Å². The maximum atomic E-state index is 9.72. The highest BCUT2D eigenvalue weighted by Crippen LogP contribution is 2.24. The molecule has 0 radical (unpaired) electrons. The Morgan fingerprint density at radius 2 is 2.33 bits per heavy atom. The van der Waals surface area contributed by atoms with Crippen molar-refractivity contribution in [1.82, 2.24) is 4.98 Å². The van der Waals surface area contributed by atoms with E-state index in [1.165, 1.54) is 0 Å². The van der Waals surface area contributed by atoms with Crippen molar-refractivity contribution >= 4 is 5.69 Å². The van der Waals surface area contributed by atoms with Crippen molar-refractivity contribution < 1.29 is 9.84 Å². The summed E-state index contributed by atoms with van der Waals surface area (Å²) in [6.45, 7) is 4.89. The fraction of sp³-hybridized carbons (Fsp3) is 0.643. The number of ether oxygens (including phenoxy) is 1. The van der Waals surface area contributed by atoms with Gasteiger partial charge in [0.05, 0.1) is 35.8 Å². The lowest BCUT2D eigenvalue weighted by molar-refractivity contribution is 0.118. The number of hydrogen-bond acceptors (Lipinski definition) is 4. The van der Waals surface area contributed by atoms with Gasteiger partial charge >= 0.3 is 0 Å². The van der Waals surface area contributed by atoms with Gasteiger partial charge in [-0.1, -0.05) is 6.92 Å². The van der Waals surface area contributed by atoms with Gasteiger partial charge in [-0.15, -0.1) is 0 Å². The Bertz CT molecular complexity index is 380. The summed E-state index contributed by atoms with van der Waals surface area (Å²) in [4.78, 5) is 6.55. The van der Waals surface area contributed by atoms with Crippen LogP contribution in [0.25, 0.3) is 0 Å². The molecular formula is C14H22N2O2. The Balaban J connectivity index is 2.09. The van der Waals surface area contributed by atoms with Gasteiger partial charge in [0.1, 0.15) is 0 Å². The largest absolute Gasteiger partial charge is 0.387 e. The average Bonchev–Trinajstić information content (AvgIpc) is 2.83. The van der Waals surface area contributed by atoms with Gasteiger partial charge in [0.15, 0.2) is 0 Å². The highest BCUT2D eigenvalue weighted by Gasteiger charge is 2.28. The smallest absolute Gasteiger partial charge is 0.0957 e. The van der Waals surface area contributed by atoms with Crippen LogP contribution >= 0.6 is 0 Å². The van der Waals surface area contributed by atoms with Crippen LogP contribution in [0.1, 0.15) is 38.5 Å². The van der Waals surface area contributed by atoms with Crippen LogP contribution in [0.3, 0.4) is 0 Å². The van der Waals surface area contributed by atoms with E-state index in [9.17, 15) is 5.11 Å². The molecule has 3 atom stereocenters. The second kappa shape index (κ2) is 5.67. The Morgan fingerprint density at radius 3 is 2.83 bits per heavy atom. The zero-order chi connectivity index (χ0) is 13.1. The summed E-state index contributed by atoms with van der Waals surface area (Å²) in [6, 6.07) is 4.33. The summed E-state index contributed by atoms with van der Waals surface area (Å²) in [7, 11) is 2.07.